The van der Waals surface area contributed by atoms with E-state index in [1.165, 1.54) is 0 Å². The van der Waals surface area contributed by atoms with Gasteiger partial charge in [-0.15, -0.1) is 0 Å². The summed E-state index contributed by atoms with van der Waals surface area (Å²) in [4.78, 5) is 11.9. The molecule has 1 aromatic carbocycles. The van der Waals surface area contributed by atoms with E-state index < -0.39 is 30.3 Å². The maximum Gasteiger partial charge on any atom is 0.418 e. The summed E-state index contributed by atoms with van der Waals surface area (Å²) >= 11 is 0. The van der Waals surface area contributed by atoms with Crippen LogP contribution in [-0.4, -0.2) is 34.2 Å². The van der Waals surface area contributed by atoms with Gasteiger partial charge in [0, 0.05) is 12.6 Å². The highest BCUT2D eigenvalue weighted by molar-refractivity contribution is 5.84. The zero-order valence-corrected chi connectivity index (χ0v) is 9.61. The molecule has 3 atom stereocenters. The van der Waals surface area contributed by atoms with Gasteiger partial charge in [0.05, 0.1) is 0 Å². The smallest absolute Gasteiger partial charge is 0.418 e. The minimum absolute atomic E-state index is 0.498. The zero-order valence-electron chi connectivity index (χ0n) is 9.61. The Hall–Kier alpha value is -1.56. The first kappa shape index (κ1) is 12.9. The van der Waals surface area contributed by atoms with Gasteiger partial charge in [-0.25, -0.2) is 4.79 Å². The Bertz CT molecular complexity index is 460. The van der Waals surface area contributed by atoms with E-state index in [-0.39, 0.29) is 0 Å². The Kier molecular flexibility index (Phi) is 2.85. The maximum absolute atomic E-state index is 12.9. The number of carbonyl (C=O) groups is 1. The van der Waals surface area contributed by atoms with Crippen molar-refractivity contribution in [1.29, 1.82) is 0 Å². The second-order valence-electron chi connectivity index (χ2n) is 4.38. The van der Waals surface area contributed by atoms with E-state index in [4.69, 9.17) is 5.11 Å². The van der Waals surface area contributed by atoms with Gasteiger partial charge < -0.3 is 5.11 Å². The van der Waals surface area contributed by atoms with Crippen molar-refractivity contribution in [3.63, 3.8) is 0 Å². The number of hydrogen-bond acceptors (Lipinski definition) is 2. The van der Waals surface area contributed by atoms with Crippen LogP contribution in [0.5, 0.6) is 0 Å². The largest absolute Gasteiger partial charge is 0.480 e. The van der Waals surface area contributed by atoms with Crippen molar-refractivity contribution in [3.8, 4) is 0 Å². The Morgan fingerprint density at radius 3 is 2.33 bits per heavy atom. The summed E-state index contributed by atoms with van der Waals surface area (Å²) in [6.07, 6.45) is -4.76. The fourth-order valence-electron chi connectivity index (χ4n) is 2.15. The molecule has 0 saturated carbocycles. The monoisotopic (exact) mass is 259 g/mol. The third-order valence-corrected chi connectivity index (χ3v) is 3.36. The minimum atomic E-state index is -4.76. The number of rotatable bonds is 3. The van der Waals surface area contributed by atoms with E-state index in [1.807, 2.05) is 0 Å². The number of benzene rings is 1. The van der Waals surface area contributed by atoms with Crippen molar-refractivity contribution in [2.75, 3.05) is 6.54 Å². The second kappa shape index (κ2) is 3.98. The maximum atomic E-state index is 12.9. The Morgan fingerprint density at radius 1 is 1.39 bits per heavy atom. The number of alkyl halides is 3. The molecule has 1 N–H and O–H groups in total. The van der Waals surface area contributed by atoms with Gasteiger partial charge in [-0.3, -0.25) is 4.90 Å². The summed E-state index contributed by atoms with van der Waals surface area (Å²) < 4.78 is 38.6. The first-order valence-corrected chi connectivity index (χ1v) is 5.42. The lowest BCUT2D eigenvalue weighted by Crippen LogP contribution is -2.44. The zero-order chi connectivity index (χ0) is 13.6. The van der Waals surface area contributed by atoms with Crippen LogP contribution < -0.4 is 0 Å². The summed E-state index contributed by atoms with van der Waals surface area (Å²) in [7, 11) is 0. The lowest BCUT2D eigenvalue weighted by atomic mass is 10.1. The van der Waals surface area contributed by atoms with Gasteiger partial charge in [0.15, 0.2) is 0 Å². The summed E-state index contributed by atoms with van der Waals surface area (Å²) in [5.74, 6) is -1.84. The van der Waals surface area contributed by atoms with E-state index in [0.717, 1.165) is 4.90 Å². The van der Waals surface area contributed by atoms with Gasteiger partial charge >= 0.3 is 12.1 Å². The van der Waals surface area contributed by atoms with Crippen LogP contribution in [0.4, 0.5) is 13.2 Å². The van der Waals surface area contributed by atoms with E-state index in [0.29, 0.717) is 5.56 Å². The number of halogens is 3. The summed E-state index contributed by atoms with van der Waals surface area (Å²) in [5, 5.41) is 8.84. The molecule has 0 bridgehead atoms. The first-order chi connectivity index (χ1) is 8.30. The molecular weight excluding hydrogens is 247 g/mol. The predicted molar refractivity (Wildman–Crippen MR) is 58.0 cm³/mol. The van der Waals surface area contributed by atoms with Crippen molar-refractivity contribution < 1.29 is 23.1 Å². The lowest BCUT2D eigenvalue weighted by molar-refractivity contribution is -0.191. The number of carboxylic acid groups (broad SMARTS) is 1. The fourth-order valence-corrected chi connectivity index (χ4v) is 2.15. The number of carboxylic acids is 1. The predicted octanol–water partition coefficient (Wildman–Crippen LogP) is 2.45. The van der Waals surface area contributed by atoms with Crippen LogP contribution in [0.1, 0.15) is 18.5 Å². The first-order valence-electron chi connectivity index (χ1n) is 5.42. The molecule has 0 aromatic heterocycles. The molecule has 0 radical (unpaired) electrons. The molecule has 1 fully saturated rings. The Labute approximate surface area is 102 Å². The average Bonchev–Trinajstić information content (AvgIpc) is 3.05. The number of aliphatic carboxylic acids is 1. The summed E-state index contributed by atoms with van der Waals surface area (Å²) in [5.41, 5.74) is -2.05. The molecular formula is C12H12F3NO2. The normalized spacial score (nSPS) is 28.8. The minimum Gasteiger partial charge on any atom is -0.480 e. The van der Waals surface area contributed by atoms with Crippen LogP contribution in [0, 0.1) is 0 Å². The van der Waals surface area contributed by atoms with Gasteiger partial charge in [0.2, 0.25) is 5.54 Å². The van der Waals surface area contributed by atoms with Crippen LogP contribution in [0.2, 0.25) is 0 Å². The molecule has 0 spiro atoms. The molecule has 1 saturated heterocycles. The Morgan fingerprint density at radius 2 is 1.94 bits per heavy atom. The van der Waals surface area contributed by atoms with Crippen LogP contribution in [-0.2, 0) is 4.79 Å². The highest BCUT2D eigenvalue weighted by atomic mass is 19.4. The van der Waals surface area contributed by atoms with Gasteiger partial charge in [-0.2, -0.15) is 13.2 Å². The second-order valence-corrected chi connectivity index (χ2v) is 4.38. The SMILES string of the molecule is C[C@@H](c1ccccc1)N1C[C@@]1(C(=O)O)C(F)(F)F. The van der Waals surface area contributed by atoms with Crippen LogP contribution in [0.15, 0.2) is 30.3 Å². The average molecular weight is 259 g/mol. The Balaban J connectivity index is 2.26. The molecule has 6 heteroatoms. The topological polar surface area (TPSA) is 40.3 Å². The van der Waals surface area contributed by atoms with Crippen LogP contribution in [0.3, 0.4) is 0 Å². The van der Waals surface area contributed by atoms with Gasteiger partial charge in [-0.05, 0) is 12.5 Å². The van der Waals surface area contributed by atoms with Crippen molar-refractivity contribution >= 4 is 5.97 Å². The highest BCUT2D eigenvalue weighted by Crippen LogP contribution is 2.51. The number of nitrogens with zero attached hydrogens (tertiary/aromatic N) is 1. The lowest BCUT2D eigenvalue weighted by Gasteiger charge is -2.21. The van der Waals surface area contributed by atoms with Crippen LogP contribution in [0.25, 0.3) is 0 Å². The molecule has 3 nitrogen and oxygen atoms in total. The van der Waals surface area contributed by atoms with E-state index >= 15 is 0 Å². The van der Waals surface area contributed by atoms with Crippen molar-refractivity contribution in [3.05, 3.63) is 35.9 Å². The molecule has 1 unspecified atom stereocenters. The quantitative estimate of drug-likeness (QED) is 0.847. The third kappa shape index (κ3) is 1.77. The van der Waals surface area contributed by atoms with Gasteiger partial charge in [-0.1, -0.05) is 30.3 Å². The molecule has 1 aromatic rings. The summed E-state index contributed by atoms with van der Waals surface area (Å²) in [6.45, 7) is 1.08. The van der Waals surface area contributed by atoms with E-state index in [2.05, 4.69) is 0 Å². The molecule has 0 amide bonds. The molecule has 1 aliphatic heterocycles. The van der Waals surface area contributed by atoms with Gasteiger partial charge in [0.25, 0.3) is 0 Å². The third-order valence-electron chi connectivity index (χ3n) is 3.36. The fraction of sp³-hybridized carbons (Fsp3) is 0.417. The standard InChI is InChI=1S/C12H12F3NO2/c1-8(9-5-3-2-4-6-9)16-7-11(16,10(17)18)12(13,14)15/h2-6,8H,7H2,1H3,(H,17,18)/t8-,11+,16?/m0/s1. The molecule has 18 heavy (non-hydrogen) atoms. The molecule has 98 valence electrons. The molecule has 1 aliphatic rings. The van der Waals surface area contributed by atoms with Crippen molar-refractivity contribution in [2.45, 2.75) is 24.7 Å². The number of hydrogen-bond donors (Lipinski definition) is 1. The summed E-state index contributed by atoms with van der Waals surface area (Å²) in [6, 6.07) is 7.98. The van der Waals surface area contributed by atoms with Gasteiger partial charge in [0.1, 0.15) is 0 Å². The molecule has 0 aliphatic carbocycles. The van der Waals surface area contributed by atoms with E-state index in [9.17, 15) is 18.0 Å². The molecule has 2 rings (SSSR count). The van der Waals surface area contributed by atoms with Crippen molar-refractivity contribution in [2.24, 2.45) is 0 Å². The van der Waals surface area contributed by atoms with E-state index in [1.54, 1.807) is 37.3 Å². The highest BCUT2D eigenvalue weighted by Gasteiger charge is 2.76. The van der Waals surface area contributed by atoms with Crippen LogP contribution >= 0.6 is 0 Å². The molecule has 1 heterocycles. The van der Waals surface area contributed by atoms with Crippen molar-refractivity contribution in [1.82, 2.24) is 4.90 Å².